The molecule has 4 heterocycles. The summed E-state index contributed by atoms with van der Waals surface area (Å²) in [6.45, 7) is 13.6. The van der Waals surface area contributed by atoms with Crippen LogP contribution in [0.3, 0.4) is 0 Å². The van der Waals surface area contributed by atoms with Gasteiger partial charge in [0.05, 0.1) is 17.9 Å². The van der Waals surface area contributed by atoms with Crippen molar-refractivity contribution in [2.45, 2.75) is 92.2 Å². The molecule has 11 nitrogen and oxygen atoms in total. The van der Waals surface area contributed by atoms with Gasteiger partial charge in [-0.05, 0) is 71.8 Å². The molecule has 3 aromatic heterocycles. The number of aromatic amines is 1. The van der Waals surface area contributed by atoms with Gasteiger partial charge < -0.3 is 19.4 Å². The molecular formula is C30H42N6O5. The van der Waals surface area contributed by atoms with Crippen LogP contribution in [0.5, 0.6) is 5.88 Å². The van der Waals surface area contributed by atoms with Crippen LogP contribution < -0.4 is 10.3 Å². The number of rotatable bonds is 10. The number of hydrogen-bond acceptors (Lipinski definition) is 8. The fourth-order valence-corrected chi connectivity index (χ4v) is 5.00. The molecular weight excluding hydrogens is 524 g/mol. The number of unbranched alkanes of at least 4 members (excludes halogenated alkanes) is 1. The van der Waals surface area contributed by atoms with Gasteiger partial charge in [-0.1, -0.05) is 20.3 Å². The van der Waals surface area contributed by atoms with Crippen LogP contribution in [0, 0.1) is 5.92 Å². The number of amides is 1. The van der Waals surface area contributed by atoms with Gasteiger partial charge in [0.25, 0.3) is 5.56 Å². The van der Waals surface area contributed by atoms with E-state index in [9.17, 15) is 14.4 Å². The molecule has 0 bridgehead atoms. The first-order chi connectivity index (χ1) is 19.5. The highest BCUT2D eigenvalue weighted by atomic mass is 16.6. The zero-order valence-electron chi connectivity index (χ0n) is 25.1. The van der Waals surface area contributed by atoms with Gasteiger partial charge >= 0.3 is 6.09 Å². The number of nitrogens with zero attached hydrogens (tertiary/aromatic N) is 5. The third-order valence-electron chi connectivity index (χ3n) is 7.30. The van der Waals surface area contributed by atoms with Gasteiger partial charge in [0.1, 0.15) is 16.9 Å². The number of nitrogens with one attached hydrogen (secondary N) is 1. The van der Waals surface area contributed by atoms with E-state index in [4.69, 9.17) is 14.5 Å². The summed E-state index contributed by atoms with van der Waals surface area (Å²) in [4.78, 5) is 51.5. The minimum atomic E-state index is -0.505. The molecule has 0 saturated carbocycles. The largest absolute Gasteiger partial charge is 0.477 e. The van der Waals surface area contributed by atoms with Crippen molar-refractivity contribution in [3.05, 3.63) is 33.9 Å². The van der Waals surface area contributed by atoms with Crippen LogP contribution in [-0.2, 0) is 17.7 Å². The number of piperidine rings is 1. The summed E-state index contributed by atoms with van der Waals surface area (Å²) in [5.41, 5.74) is 1.73. The average molecular weight is 567 g/mol. The van der Waals surface area contributed by atoms with Crippen LogP contribution >= 0.6 is 0 Å². The SMILES string of the molecule is CCCCOc1ncc(C(C)=O)cc1-c1nc2c(CC)n(CCC3CCN(C(=O)OC(C)(C)C)CC3)nc2c(=O)[nH]1. The smallest absolute Gasteiger partial charge is 0.410 e. The van der Waals surface area contributed by atoms with E-state index in [1.165, 1.54) is 13.1 Å². The van der Waals surface area contributed by atoms with Crippen LogP contribution in [0.25, 0.3) is 22.4 Å². The predicted molar refractivity (Wildman–Crippen MR) is 156 cm³/mol. The summed E-state index contributed by atoms with van der Waals surface area (Å²) in [7, 11) is 0. The molecule has 1 aliphatic rings. The van der Waals surface area contributed by atoms with Crippen molar-refractivity contribution in [1.82, 2.24) is 29.6 Å². The Hall–Kier alpha value is -3.76. The molecule has 0 radical (unpaired) electrons. The number of Topliss-reactive ketones (excluding diaryl/α,β-unsaturated/α-hetero) is 1. The fraction of sp³-hybridized carbons (Fsp3) is 0.600. The van der Waals surface area contributed by atoms with E-state index in [0.717, 1.165) is 37.8 Å². The van der Waals surface area contributed by atoms with Gasteiger partial charge in [-0.15, -0.1) is 0 Å². The second kappa shape index (κ2) is 12.8. The summed E-state index contributed by atoms with van der Waals surface area (Å²) < 4.78 is 13.3. The maximum atomic E-state index is 13.2. The molecule has 11 heteroatoms. The second-order valence-electron chi connectivity index (χ2n) is 11.7. The number of hydrogen-bond donors (Lipinski definition) is 1. The molecule has 1 N–H and O–H groups in total. The van der Waals surface area contributed by atoms with E-state index >= 15 is 0 Å². The molecule has 0 aliphatic carbocycles. The Kier molecular flexibility index (Phi) is 9.45. The van der Waals surface area contributed by atoms with Crippen molar-refractivity contribution in [1.29, 1.82) is 0 Å². The maximum Gasteiger partial charge on any atom is 0.410 e. The monoisotopic (exact) mass is 566 g/mol. The highest BCUT2D eigenvalue weighted by Crippen LogP contribution is 2.29. The zero-order valence-corrected chi connectivity index (χ0v) is 25.1. The Bertz CT molecular complexity index is 1450. The van der Waals surface area contributed by atoms with Crippen LogP contribution in [-0.4, -0.2) is 66.8 Å². The minimum absolute atomic E-state index is 0.138. The van der Waals surface area contributed by atoms with Gasteiger partial charge in [-0.25, -0.2) is 14.8 Å². The lowest BCUT2D eigenvalue weighted by molar-refractivity contribution is 0.0179. The normalized spacial score (nSPS) is 14.4. The number of carbonyl (C=O) groups excluding carboxylic acids is 2. The maximum absolute atomic E-state index is 13.2. The molecule has 0 unspecified atom stereocenters. The van der Waals surface area contributed by atoms with Gasteiger partial charge in [0.2, 0.25) is 5.88 Å². The summed E-state index contributed by atoms with van der Waals surface area (Å²) in [5.74, 6) is 0.930. The van der Waals surface area contributed by atoms with Crippen LogP contribution in [0.15, 0.2) is 17.1 Å². The molecule has 3 aromatic rings. The highest BCUT2D eigenvalue weighted by Gasteiger charge is 2.27. The van der Waals surface area contributed by atoms with Crippen molar-refractivity contribution >= 4 is 22.9 Å². The summed E-state index contributed by atoms with van der Waals surface area (Å²) in [5, 5.41) is 4.64. The number of carbonyl (C=O) groups is 2. The molecule has 1 saturated heterocycles. The Morgan fingerprint density at radius 1 is 1.15 bits per heavy atom. The quantitative estimate of drug-likeness (QED) is 0.263. The molecule has 1 fully saturated rings. The number of fused-ring (bicyclic) bond motifs is 1. The lowest BCUT2D eigenvalue weighted by Crippen LogP contribution is -2.41. The first-order valence-electron chi connectivity index (χ1n) is 14.6. The van der Waals surface area contributed by atoms with Gasteiger partial charge in [-0.3, -0.25) is 14.3 Å². The summed E-state index contributed by atoms with van der Waals surface area (Å²) >= 11 is 0. The molecule has 41 heavy (non-hydrogen) atoms. The molecule has 0 spiro atoms. The van der Waals surface area contributed by atoms with Crippen molar-refractivity contribution in [3.8, 4) is 17.3 Å². The van der Waals surface area contributed by atoms with Crippen LogP contribution in [0.4, 0.5) is 4.79 Å². The number of ether oxygens (including phenoxy) is 2. The van der Waals surface area contributed by atoms with E-state index in [1.54, 1.807) is 11.0 Å². The van der Waals surface area contributed by atoms with Crippen LogP contribution in [0.2, 0.25) is 0 Å². The Balaban J connectivity index is 1.55. The van der Waals surface area contributed by atoms with Crippen molar-refractivity contribution in [2.24, 2.45) is 5.92 Å². The van der Waals surface area contributed by atoms with Crippen LogP contribution in [0.1, 0.15) is 89.7 Å². The van der Waals surface area contributed by atoms with Gasteiger partial charge in [0.15, 0.2) is 11.3 Å². The number of aromatic nitrogens is 5. The number of ketones is 1. The third-order valence-corrected chi connectivity index (χ3v) is 7.30. The third kappa shape index (κ3) is 7.31. The van der Waals surface area contributed by atoms with E-state index in [2.05, 4.69) is 22.0 Å². The molecule has 4 rings (SSSR count). The van der Waals surface area contributed by atoms with Crippen molar-refractivity contribution in [2.75, 3.05) is 19.7 Å². The lowest BCUT2D eigenvalue weighted by atomic mass is 9.94. The first kappa shape index (κ1) is 30.2. The summed E-state index contributed by atoms with van der Waals surface area (Å²) in [6.07, 6.45) is 6.36. The van der Waals surface area contributed by atoms with E-state index in [1.807, 2.05) is 32.4 Å². The Morgan fingerprint density at radius 3 is 2.51 bits per heavy atom. The first-order valence-corrected chi connectivity index (χ1v) is 14.6. The van der Waals surface area contributed by atoms with Gasteiger partial charge in [0, 0.05) is 31.4 Å². The average Bonchev–Trinajstić information content (AvgIpc) is 3.29. The Morgan fingerprint density at radius 2 is 1.88 bits per heavy atom. The lowest BCUT2D eigenvalue weighted by Gasteiger charge is -2.33. The van der Waals surface area contributed by atoms with E-state index < -0.39 is 5.60 Å². The molecule has 1 aliphatic heterocycles. The standard InChI is InChI=1S/C30H42N6O5/c1-7-9-16-40-28-22(17-21(18-31-28)19(3)37)26-32-24-23(8-2)36(34-25(24)27(38)33-26)15-12-20-10-13-35(14-11-20)29(39)41-30(4,5)6/h17-18,20H,7-16H2,1-6H3,(H,32,33,38). The number of H-pyrrole nitrogens is 1. The second-order valence-corrected chi connectivity index (χ2v) is 11.7. The zero-order chi connectivity index (χ0) is 29.7. The molecule has 0 atom stereocenters. The van der Waals surface area contributed by atoms with E-state index in [-0.39, 0.29) is 23.0 Å². The number of aryl methyl sites for hydroxylation is 2. The number of pyridine rings is 1. The molecule has 0 aromatic carbocycles. The number of likely N-dealkylation sites (tertiary alicyclic amines) is 1. The molecule has 222 valence electrons. The fourth-order valence-electron chi connectivity index (χ4n) is 5.00. The Labute approximate surface area is 240 Å². The van der Waals surface area contributed by atoms with Gasteiger partial charge in [-0.2, -0.15) is 5.10 Å². The predicted octanol–water partition coefficient (Wildman–Crippen LogP) is 5.16. The molecule has 1 amide bonds. The highest BCUT2D eigenvalue weighted by molar-refractivity contribution is 5.95. The van der Waals surface area contributed by atoms with E-state index in [0.29, 0.717) is 66.9 Å². The van der Waals surface area contributed by atoms with Crippen molar-refractivity contribution < 1.29 is 19.1 Å². The summed E-state index contributed by atoms with van der Waals surface area (Å²) in [6, 6.07) is 1.67. The van der Waals surface area contributed by atoms with Crippen molar-refractivity contribution in [3.63, 3.8) is 0 Å². The topological polar surface area (TPSA) is 132 Å². The minimum Gasteiger partial charge on any atom is -0.477 e.